The van der Waals surface area contributed by atoms with Crippen LogP contribution in [0.1, 0.15) is 33.0 Å². The molecule has 0 aromatic carbocycles. The summed E-state index contributed by atoms with van der Waals surface area (Å²) in [5, 5.41) is 3.04. The van der Waals surface area contributed by atoms with E-state index in [1.165, 1.54) is 16.2 Å². The van der Waals surface area contributed by atoms with Crippen LogP contribution < -0.4 is 5.32 Å². The lowest BCUT2D eigenvalue weighted by atomic mass is 10.2. The van der Waals surface area contributed by atoms with E-state index in [-0.39, 0.29) is 5.91 Å². The van der Waals surface area contributed by atoms with Gasteiger partial charge >= 0.3 is 0 Å². The molecule has 80 valence electrons. The summed E-state index contributed by atoms with van der Waals surface area (Å²) in [5.41, 5.74) is 1.39. The summed E-state index contributed by atoms with van der Waals surface area (Å²) in [6.45, 7) is 0. The summed E-state index contributed by atoms with van der Waals surface area (Å²) >= 11 is 3.65. The predicted molar refractivity (Wildman–Crippen MR) is 64.7 cm³/mol. The molecule has 1 N–H and O–H groups in total. The van der Waals surface area contributed by atoms with Crippen LogP contribution in [0.2, 0.25) is 0 Å². The first-order valence-electron chi connectivity index (χ1n) is 5.33. The minimum Gasteiger partial charge on any atom is -0.349 e. The van der Waals surface area contributed by atoms with Gasteiger partial charge in [0, 0.05) is 16.7 Å². The van der Waals surface area contributed by atoms with E-state index in [2.05, 4.69) is 11.4 Å². The van der Waals surface area contributed by atoms with Crippen LogP contribution in [0, 0.1) is 0 Å². The van der Waals surface area contributed by atoms with Crippen molar-refractivity contribution in [1.29, 1.82) is 0 Å². The highest BCUT2D eigenvalue weighted by Crippen LogP contribution is 2.32. The first kappa shape index (κ1) is 9.73. The zero-order valence-electron chi connectivity index (χ0n) is 8.41. The molecule has 2 heterocycles. The number of fused-ring (bicyclic) bond motifs is 1. The van der Waals surface area contributed by atoms with Gasteiger partial charge in [-0.15, -0.1) is 11.3 Å². The number of carbonyl (C=O) groups is 1. The third-order valence-electron chi connectivity index (χ3n) is 2.76. The first-order valence-corrected chi connectivity index (χ1v) is 7.30. The van der Waals surface area contributed by atoms with E-state index < -0.39 is 0 Å². The molecule has 1 fully saturated rings. The van der Waals surface area contributed by atoms with Crippen LogP contribution in [0.25, 0.3) is 0 Å². The summed E-state index contributed by atoms with van der Waals surface area (Å²) in [7, 11) is 0. The minimum absolute atomic E-state index is 0.141. The van der Waals surface area contributed by atoms with Crippen LogP contribution in [-0.4, -0.2) is 17.7 Å². The van der Waals surface area contributed by atoms with E-state index >= 15 is 0 Å². The fraction of sp³-hybridized carbons (Fsp3) is 0.545. The number of nitrogens with one attached hydrogen (secondary N) is 1. The Morgan fingerprint density at radius 3 is 3.07 bits per heavy atom. The van der Waals surface area contributed by atoms with E-state index in [0.717, 1.165) is 29.9 Å². The molecule has 0 atom stereocenters. The second-order valence-electron chi connectivity index (χ2n) is 4.11. The van der Waals surface area contributed by atoms with Crippen molar-refractivity contribution in [2.24, 2.45) is 0 Å². The van der Waals surface area contributed by atoms with E-state index in [4.69, 9.17) is 0 Å². The Hall–Kier alpha value is -0.480. The maximum atomic E-state index is 11.8. The third-order valence-corrected chi connectivity index (χ3v) is 5.01. The number of thiophene rings is 1. The second kappa shape index (κ2) is 3.83. The van der Waals surface area contributed by atoms with Crippen molar-refractivity contribution >= 4 is 29.0 Å². The third kappa shape index (κ3) is 2.06. The van der Waals surface area contributed by atoms with Crippen LogP contribution in [0.3, 0.4) is 0 Å². The van der Waals surface area contributed by atoms with Crippen molar-refractivity contribution in [3.05, 3.63) is 21.4 Å². The Labute approximate surface area is 97.4 Å². The van der Waals surface area contributed by atoms with Crippen molar-refractivity contribution in [3.63, 3.8) is 0 Å². The molecule has 2 nitrogen and oxygen atoms in total. The minimum atomic E-state index is 0.141. The quantitative estimate of drug-likeness (QED) is 0.859. The summed E-state index contributed by atoms with van der Waals surface area (Å²) < 4.78 is 0. The van der Waals surface area contributed by atoms with Crippen molar-refractivity contribution in [2.45, 2.75) is 31.1 Å². The topological polar surface area (TPSA) is 29.1 Å². The van der Waals surface area contributed by atoms with Crippen LogP contribution in [0.4, 0.5) is 0 Å². The van der Waals surface area contributed by atoms with Gasteiger partial charge in [0.05, 0.1) is 4.88 Å². The average Bonchev–Trinajstić information content (AvgIpc) is 2.95. The highest BCUT2D eigenvalue weighted by atomic mass is 32.2. The average molecular weight is 239 g/mol. The van der Waals surface area contributed by atoms with Gasteiger partial charge in [-0.3, -0.25) is 4.79 Å². The smallest absolute Gasteiger partial charge is 0.261 e. The molecule has 4 heteroatoms. The zero-order valence-corrected chi connectivity index (χ0v) is 10.0. The normalized spacial score (nSPS) is 19.7. The summed E-state index contributed by atoms with van der Waals surface area (Å²) in [5.74, 6) is 2.43. The van der Waals surface area contributed by atoms with E-state index in [1.807, 2.05) is 11.8 Å². The molecule has 2 aliphatic rings. The van der Waals surface area contributed by atoms with Crippen molar-refractivity contribution in [1.82, 2.24) is 5.32 Å². The molecule has 3 rings (SSSR count). The highest BCUT2D eigenvalue weighted by Gasteiger charge is 2.25. The van der Waals surface area contributed by atoms with Crippen molar-refractivity contribution < 1.29 is 4.79 Å². The van der Waals surface area contributed by atoms with Gasteiger partial charge in [0.1, 0.15) is 0 Å². The number of rotatable bonds is 2. The van der Waals surface area contributed by atoms with E-state index in [0.29, 0.717) is 6.04 Å². The first-order chi connectivity index (χ1) is 7.33. The van der Waals surface area contributed by atoms with Crippen LogP contribution in [-0.2, 0) is 12.2 Å². The SMILES string of the molecule is O=C(NC1CC1)c1cc2c(s1)CCSC2. The summed E-state index contributed by atoms with van der Waals surface area (Å²) in [6, 6.07) is 2.55. The number of aryl methyl sites for hydroxylation is 1. The number of carbonyl (C=O) groups excluding carboxylic acids is 1. The Bertz CT molecular complexity index is 372. The molecule has 1 aliphatic heterocycles. The molecule has 1 aromatic heterocycles. The molecule has 0 radical (unpaired) electrons. The molecule has 0 unspecified atom stereocenters. The van der Waals surface area contributed by atoms with E-state index in [1.54, 1.807) is 11.3 Å². The molecular weight excluding hydrogens is 226 g/mol. The van der Waals surface area contributed by atoms with Gasteiger partial charge < -0.3 is 5.32 Å². The number of amides is 1. The lowest BCUT2D eigenvalue weighted by Gasteiger charge is -2.08. The van der Waals surface area contributed by atoms with Gasteiger partial charge in [0.2, 0.25) is 0 Å². The van der Waals surface area contributed by atoms with Gasteiger partial charge in [-0.05, 0) is 36.6 Å². The van der Waals surface area contributed by atoms with Crippen molar-refractivity contribution in [2.75, 3.05) is 5.75 Å². The molecule has 1 aliphatic carbocycles. The van der Waals surface area contributed by atoms with Crippen LogP contribution in [0.5, 0.6) is 0 Å². The molecule has 1 saturated carbocycles. The molecule has 15 heavy (non-hydrogen) atoms. The Kier molecular flexibility index (Phi) is 2.48. The van der Waals surface area contributed by atoms with Gasteiger partial charge in [-0.2, -0.15) is 11.8 Å². The van der Waals surface area contributed by atoms with Gasteiger partial charge in [0.25, 0.3) is 5.91 Å². The molecule has 1 aromatic rings. The molecule has 0 spiro atoms. The number of thioether (sulfide) groups is 1. The number of hydrogen-bond acceptors (Lipinski definition) is 3. The molecule has 0 saturated heterocycles. The fourth-order valence-electron chi connectivity index (χ4n) is 1.74. The Morgan fingerprint density at radius 2 is 2.33 bits per heavy atom. The number of hydrogen-bond donors (Lipinski definition) is 1. The lowest BCUT2D eigenvalue weighted by molar-refractivity contribution is 0.0955. The zero-order chi connectivity index (χ0) is 10.3. The Morgan fingerprint density at radius 1 is 1.47 bits per heavy atom. The van der Waals surface area contributed by atoms with Crippen molar-refractivity contribution in [3.8, 4) is 0 Å². The summed E-state index contributed by atoms with van der Waals surface area (Å²) in [4.78, 5) is 14.1. The maximum Gasteiger partial charge on any atom is 0.261 e. The van der Waals surface area contributed by atoms with Crippen LogP contribution >= 0.6 is 23.1 Å². The second-order valence-corrected chi connectivity index (χ2v) is 6.35. The monoisotopic (exact) mass is 239 g/mol. The largest absolute Gasteiger partial charge is 0.349 e. The predicted octanol–water partition coefficient (Wildman–Crippen LogP) is 2.43. The van der Waals surface area contributed by atoms with Gasteiger partial charge in [-0.25, -0.2) is 0 Å². The highest BCUT2D eigenvalue weighted by molar-refractivity contribution is 7.98. The summed E-state index contributed by atoms with van der Waals surface area (Å²) in [6.07, 6.45) is 3.46. The molecule has 0 bridgehead atoms. The standard InChI is InChI=1S/C11H13NOS2/c13-11(12-8-1-2-8)10-5-7-6-14-4-3-9(7)15-10/h5,8H,1-4,6H2,(H,12,13). The molecular formula is C11H13NOS2. The lowest BCUT2D eigenvalue weighted by Crippen LogP contribution is -2.24. The van der Waals surface area contributed by atoms with Gasteiger partial charge in [-0.1, -0.05) is 0 Å². The van der Waals surface area contributed by atoms with E-state index in [9.17, 15) is 4.79 Å². The van der Waals surface area contributed by atoms with Gasteiger partial charge in [0.15, 0.2) is 0 Å². The van der Waals surface area contributed by atoms with Crippen LogP contribution in [0.15, 0.2) is 6.07 Å². The Balaban J connectivity index is 1.78. The fourth-order valence-corrected chi connectivity index (χ4v) is 4.02. The molecule has 1 amide bonds. The maximum absolute atomic E-state index is 11.8.